The summed E-state index contributed by atoms with van der Waals surface area (Å²) in [5.41, 5.74) is 11.5. The molecule has 2 aromatic carbocycles. The van der Waals surface area contributed by atoms with Crippen LogP contribution in [0.5, 0.6) is 0 Å². The standard InChI is InChI=1S/C19H18N4/c1-14(19-13-21-10-11-22-19)23-18-8-4-16(5-9-18)12-15-2-6-17(20)7-3-15/h2-11,13H,12,20H2,1H3. The third-order valence-electron chi connectivity index (χ3n) is 3.55. The Labute approximate surface area is 135 Å². The molecule has 1 heterocycles. The highest BCUT2D eigenvalue weighted by atomic mass is 14.8. The van der Waals surface area contributed by atoms with Gasteiger partial charge in [0.2, 0.25) is 0 Å². The largest absolute Gasteiger partial charge is 0.399 e. The summed E-state index contributed by atoms with van der Waals surface area (Å²) in [6.45, 7) is 1.94. The molecular formula is C19H18N4. The van der Waals surface area contributed by atoms with E-state index in [-0.39, 0.29) is 0 Å². The van der Waals surface area contributed by atoms with Gasteiger partial charge in [-0.1, -0.05) is 24.3 Å². The second-order valence-electron chi connectivity index (χ2n) is 5.37. The van der Waals surface area contributed by atoms with Crippen LogP contribution in [0.1, 0.15) is 23.7 Å². The minimum atomic E-state index is 0.790. The fourth-order valence-corrected chi connectivity index (χ4v) is 2.30. The van der Waals surface area contributed by atoms with Gasteiger partial charge in [-0.25, -0.2) is 0 Å². The summed E-state index contributed by atoms with van der Waals surface area (Å²) in [6.07, 6.45) is 5.93. The van der Waals surface area contributed by atoms with Crippen molar-refractivity contribution in [3.63, 3.8) is 0 Å². The van der Waals surface area contributed by atoms with E-state index in [1.807, 2.05) is 31.2 Å². The molecule has 0 aliphatic rings. The van der Waals surface area contributed by atoms with Crippen LogP contribution in [0.25, 0.3) is 0 Å². The van der Waals surface area contributed by atoms with Gasteiger partial charge < -0.3 is 5.73 Å². The lowest BCUT2D eigenvalue weighted by atomic mass is 10.0. The third kappa shape index (κ3) is 4.01. The number of anilines is 1. The Morgan fingerprint density at radius 2 is 1.61 bits per heavy atom. The molecule has 3 rings (SSSR count). The molecule has 0 radical (unpaired) electrons. The molecule has 0 fully saturated rings. The lowest BCUT2D eigenvalue weighted by Gasteiger charge is -2.04. The Hall–Kier alpha value is -3.01. The summed E-state index contributed by atoms with van der Waals surface area (Å²) in [5, 5.41) is 0. The molecule has 0 unspecified atom stereocenters. The molecule has 0 amide bonds. The van der Waals surface area contributed by atoms with Crippen LogP contribution in [0.15, 0.2) is 72.1 Å². The number of hydrogen-bond donors (Lipinski definition) is 1. The van der Waals surface area contributed by atoms with Gasteiger partial charge >= 0.3 is 0 Å². The molecular weight excluding hydrogens is 284 g/mol. The van der Waals surface area contributed by atoms with Crippen LogP contribution in [-0.4, -0.2) is 15.7 Å². The first-order chi connectivity index (χ1) is 11.2. The van der Waals surface area contributed by atoms with Crippen molar-refractivity contribution in [1.29, 1.82) is 0 Å². The summed E-state index contributed by atoms with van der Waals surface area (Å²) in [7, 11) is 0. The van der Waals surface area contributed by atoms with Gasteiger partial charge in [0.25, 0.3) is 0 Å². The molecule has 0 aliphatic carbocycles. The van der Waals surface area contributed by atoms with Crippen LogP contribution in [0, 0.1) is 0 Å². The molecule has 0 atom stereocenters. The maximum absolute atomic E-state index is 5.71. The smallest absolute Gasteiger partial charge is 0.102 e. The van der Waals surface area contributed by atoms with Crippen LogP contribution in [0.4, 0.5) is 11.4 Å². The minimum absolute atomic E-state index is 0.790. The Kier molecular flexibility index (Phi) is 4.43. The Bertz CT molecular complexity index is 791. The van der Waals surface area contributed by atoms with E-state index in [9.17, 15) is 0 Å². The van der Waals surface area contributed by atoms with E-state index >= 15 is 0 Å². The minimum Gasteiger partial charge on any atom is -0.399 e. The average molecular weight is 302 g/mol. The van der Waals surface area contributed by atoms with Crippen LogP contribution >= 0.6 is 0 Å². The molecule has 0 bridgehead atoms. The summed E-state index contributed by atoms with van der Waals surface area (Å²) in [4.78, 5) is 12.9. The zero-order chi connectivity index (χ0) is 16.1. The summed E-state index contributed by atoms with van der Waals surface area (Å²) < 4.78 is 0. The van der Waals surface area contributed by atoms with E-state index < -0.39 is 0 Å². The monoisotopic (exact) mass is 302 g/mol. The van der Waals surface area contributed by atoms with Crippen molar-refractivity contribution < 1.29 is 0 Å². The summed E-state index contributed by atoms with van der Waals surface area (Å²) >= 11 is 0. The maximum Gasteiger partial charge on any atom is 0.102 e. The molecule has 0 aliphatic heterocycles. The molecule has 3 aromatic rings. The first kappa shape index (κ1) is 14.9. The van der Waals surface area contributed by atoms with Crippen molar-refractivity contribution >= 4 is 17.1 Å². The number of aliphatic imine (C=N–C) groups is 1. The summed E-state index contributed by atoms with van der Waals surface area (Å²) in [5.74, 6) is 0. The number of nitrogen functional groups attached to an aromatic ring is 1. The van der Waals surface area contributed by atoms with Gasteiger partial charge in [0, 0.05) is 18.1 Å². The molecule has 0 saturated heterocycles. The van der Waals surface area contributed by atoms with Gasteiger partial charge in [-0.15, -0.1) is 0 Å². The summed E-state index contributed by atoms with van der Waals surface area (Å²) in [6, 6.07) is 16.2. The van der Waals surface area contributed by atoms with Crippen LogP contribution in [0.2, 0.25) is 0 Å². The van der Waals surface area contributed by atoms with Gasteiger partial charge in [-0.2, -0.15) is 0 Å². The maximum atomic E-state index is 5.71. The van der Waals surface area contributed by atoms with Crippen molar-refractivity contribution in [3.05, 3.63) is 83.9 Å². The van der Waals surface area contributed by atoms with Crippen molar-refractivity contribution in [1.82, 2.24) is 9.97 Å². The van der Waals surface area contributed by atoms with E-state index in [2.05, 4.69) is 39.2 Å². The molecule has 0 spiro atoms. The second kappa shape index (κ2) is 6.83. The highest BCUT2D eigenvalue weighted by molar-refractivity contribution is 5.98. The van der Waals surface area contributed by atoms with E-state index in [0.29, 0.717) is 0 Å². The Balaban J connectivity index is 1.73. The van der Waals surface area contributed by atoms with Gasteiger partial charge in [0.15, 0.2) is 0 Å². The number of nitrogens with two attached hydrogens (primary N) is 1. The van der Waals surface area contributed by atoms with Crippen molar-refractivity contribution in [2.24, 2.45) is 4.99 Å². The van der Waals surface area contributed by atoms with Crippen molar-refractivity contribution in [2.75, 3.05) is 5.73 Å². The van der Waals surface area contributed by atoms with E-state index in [0.717, 1.165) is 29.2 Å². The second-order valence-corrected chi connectivity index (χ2v) is 5.37. The van der Waals surface area contributed by atoms with E-state index in [1.54, 1.807) is 18.6 Å². The van der Waals surface area contributed by atoms with Crippen LogP contribution in [0.3, 0.4) is 0 Å². The Morgan fingerprint density at radius 1 is 0.957 bits per heavy atom. The number of aromatic nitrogens is 2. The lowest BCUT2D eigenvalue weighted by molar-refractivity contribution is 1.17. The number of benzene rings is 2. The van der Waals surface area contributed by atoms with Gasteiger partial charge in [0.1, 0.15) is 5.69 Å². The molecule has 4 heteroatoms. The fourth-order valence-electron chi connectivity index (χ4n) is 2.30. The fraction of sp³-hybridized carbons (Fsp3) is 0.105. The van der Waals surface area contributed by atoms with Crippen LogP contribution in [-0.2, 0) is 6.42 Å². The molecule has 114 valence electrons. The molecule has 4 nitrogen and oxygen atoms in total. The predicted molar refractivity (Wildman–Crippen MR) is 94.0 cm³/mol. The predicted octanol–water partition coefficient (Wildman–Crippen LogP) is 3.79. The highest BCUT2D eigenvalue weighted by Gasteiger charge is 2.00. The Morgan fingerprint density at radius 3 is 2.22 bits per heavy atom. The third-order valence-corrected chi connectivity index (χ3v) is 3.55. The quantitative estimate of drug-likeness (QED) is 0.589. The van der Waals surface area contributed by atoms with Gasteiger partial charge in [0.05, 0.1) is 17.6 Å². The zero-order valence-electron chi connectivity index (χ0n) is 13.0. The SMILES string of the molecule is CC(=Nc1ccc(Cc2ccc(N)cc2)cc1)c1cnccn1. The van der Waals surface area contributed by atoms with Gasteiger partial charge in [-0.05, 0) is 48.7 Å². The molecule has 23 heavy (non-hydrogen) atoms. The van der Waals surface area contributed by atoms with Crippen molar-refractivity contribution in [3.8, 4) is 0 Å². The number of nitrogens with zero attached hydrogens (tertiary/aromatic N) is 3. The molecule has 1 aromatic heterocycles. The number of hydrogen-bond acceptors (Lipinski definition) is 4. The average Bonchev–Trinajstić information content (AvgIpc) is 2.59. The first-order valence-corrected chi connectivity index (χ1v) is 7.46. The zero-order valence-corrected chi connectivity index (χ0v) is 13.0. The van der Waals surface area contributed by atoms with E-state index in [4.69, 9.17) is 5.73 Å². The van der Waals surface area contributed by atoms with E-state index in [1.165, 1.54) is 11.1 Å². The van der Waals surface area contributed by atoms with Crippen molar-refractivity contribution in [2.45, 2.75) is 13.3 Å². The van der Waals surface area contributed by atoms with Crippen LogP contribution < -0.4 is 5.73 Å². The van der Waals surface area contributed by atoms with Gasteiger partial charge in [-0.3, -0.25) is 15.0 Å². The first-order valence-electron chi connectivity index (χ1n) is 7.46. The number of rotatable bonds is 4. The normalized spacial score (nSPS) is 11.4. The topological polar surface area (TPSA) is 64.2 Å². The molecule has 0 saturated carbocycles. The molecule has 2 N–H and O–H groups in total. The lowest BCUT2D eigenvalue weighted by Crippen LogP contribution is -1.98. The highest BCUT2D eigenvalue weighted by Crippen LogP contribution is 2.17.